The van der Waals surface area contributed by atoms with Crippen LogP contribution in [0.4, 0.5) is 14.5 Å². The highest BCUT2D eigenvalue weighted by Crippen LogP contribution is 2.32. The molecule has 0 aliphatic rings. The Kier molecular flexibility index (Phi) is 4.76. The van der Waals surface area contributed by atoms with E-state index in [1.807, 2.05) is 13.0 Å². The number of alkyl halides is 1. The fraction of sp³-hybridized carbons (Fsp3) is 0.250. The lowest BCUT2D eigenvalue weighted by atomic mass is 10.0. The van der Waals surface area contributed by atoms with Gasteiger partial charge in [-0.15, -0.1) is 0 Å². The summed E-state index contributed by atoms with van der Waals surface area (Å²) in [7, 11) is 1.78. The maximum Gasteiger partial charge on any atom is 0.146 e. The Morgan fingerprint density at radius 3 is 2.35 bits per heavy atom. The van der Waals surface area contributed by atoms with E-state index in [-0.39, 0.29) is 17.7 Å². The van der Waals surface area contributed by atoms with Crippen molar-refractivity contribution in [3.05, 3.63) is 65.2 Å². The molecule has 4 heteroatoms. The van der Waals surface area contributed by atoms with Crippen LogP contribution < -0.4 is 4.90 Å². The van der Waals surface area contributed by atoms with Crippen LogP contribution in [0.3, 0.4) is 0 Å². The first kappa shape index (κ1) is 15.0. The van der Waals surface area contributed by atoms with Crippen molar-refractivity contribution in [3.8, 4) is 0 Å². The van der Waals surface area contributed by atoms with Crippen LogP contribution in [0.15, 0.2) is 42.5 Å². The maximum atomic E-state index is 14.1. The van der Waals surface area contributed by atoms with E-state index in [4.69, 9.17) is 0 Å². The van der Waals surface area contributed by atoms with Crippen LogP contribution in [-0.4, -0.2) is 7.05 Å². The second-order valence-corrected chi connectivity index (χ2v) is 5.25. The van der Waals surface area contributed by atoms with Crippen LogP contribution in [0, 0.1) is 11.6 Å². The zero-order valence-corrected chi connectivity index (χ0v) is 13.0. The Balaban J connectivity index is 2.41. The molecule has 0 saturated carbocycles. The monoisotopic (exact) mass is 339 g/mol. The van der Waals surface area contributed by atoms with Crippen LogP contribution in [0.5, 0.6) is 0 Å². The highest BCUT2D eigenvalue weighted by atomic mass is 79.9. The van der Waals surface area contributed by atoms with Gasteiger partial charge in [0, 0.05) is 17.9 Å². The van der Waals surface area contributed by atoms with Gasteiger partial charge < -0.3 is 4.90 Å². The molecule has 0 fully saturated rings. The van der Waals surface area contributed by atoms with Gasteiger partial charge in [0.25, 0.3) is 0 Å². The minimum atomic E-state index is -0.298. The largest absolute Gasteiger partial charge is 0.365 e. The Bertz CT molecular complexity index is 601. The molecule has 0 aromatic heterocycles. The van der Waals surface area contributed by atoms with Crippen molar-refractivity contribution in [2.24, 2.45) is 0 Å². The second kappa shape index (κ2) is 6.35. The molecule has 0 bridgehead atoms. The predicted molar refractivity (Wildman–Crippen MR) is 82.2 cm³/mol. The lowest BCUT2D eigenvalue weighted by Gasteiger charge is -2.29. The summed E-state index contributed by atoms with van der Waals surface area (Å²) in [6.45, 7) is 1.86. The Labute approximate surface area is 126 Å². The molecule has 2 rings (SSSR count). The first-order valence-corrected chi connectivity index (χ1v) is 7.49. The highest BCUT2D eigenvalue weighted by Gasteiger charge is 2.20. The lowest BCUT2D eigenvalue weighted by molar-refractivity contribution is 0.574. The van der Waals surface area contributed by atoms with E-state index in [1.54, 1.807) is 36.2 Å². The van der Waals surface area contributed by atoms with Gasteiger partial charge in [-0.05, 0) is 24.6 Å². The Morgan fingerprint density at radius 2 is 1.70 bits per heavy atom. The van der Waals surface area contributed by atoms with Gasteiger partial charge in [0.1, 0.15) is 11.6 Å². The van der Waals surface area contributed by atoms with Crippen LogP contribution in [-0.2, 0) is 5.33 Å². The standard InChI is InChI=1S/C16H16BrF2N/c1-11(13-7-3-4-8-14(13)18)20(2)16-12(10-17)6-5-9-15(16)19/h3-9,11H,10H2,1-2H3. The van der Waals surface area contributed by atoms with E-state index in [0.29, 0.717) is 16.6 Å². The van der Waals surface area contributed by atoms with Crippen molar-refractivity contribution in [2.45, 2.75) is 18.3 Å². The van der Waals surface area contributed by atoms with Crippen LogP contribution in [0.1, 0.15) is 24.1 Å². The van der Waals surface area contributed by atoms with Gasteiger partial charge in [-0.25, -0.2) is 8.78 Å². The smallest absolute Gasteiger partial charge is 0.146 e. The second-order valence-electron chi connectivity index (χ2n) is 4.69. The fourth-order valence-corrected chi connectivity index (χ4v) is 2.73. The molecule has 0 saturated heterocycles. The number of nitrogens with zero attached hydrogens (tertiary/aromatic N) is 1. The van der Waals surface area contributed by atoms with Gasteiger partial charge in [0.05, 0.1) is 11.7 Å². The van der Waals surface area contributed by atoms with Crippen molar-refractivity contribution in [3.63, 3.8) is 0 Å². The third kappa shape index (κ3) is 2.85. The summed E-state index contributed by atoms with van der Waals surface area (Å²) >= 11 is 3.36. The molecule has 0 aliphatic heterocycles. The lowest BCUT2D eigenvalue weighted by Crippen LogP contribution is -2.24. The molecule has 1 unspecified atom stereocenters. The van der Waals surface area contributed by atoms with E-state index in [9.17, 15) is 8.78 Å². The number of halogens is 3. The third-order valence-electron chi connectivity index (χ3n) is 3.50. The normalized spacial score (nSPS) is 12.2. The molecule has 0 aliphatic carbocycles. The van der Waals surface area contributed by atoms with E-state index >= 15 is 0 Å². The molecule has 0 spiro atoms. The number of hydrogen-bond donors (Lipinski definition) is 0. The van der Waals surface area contributed by atoms with Gasteiger partial charge in [-0.3, -0.25) is 0 Å². The minimum absolute atomic E-state index is 0.258. The summed E-state index contributed by atoms with van der Waals surface area (Å²) in [5, 5.41) is 0.550. The molecule has 0 N–H and O–H groups in total. The first-order valence-electron chi connectivity index (χ1n) is 6.37. The summed E-state index contributed by atoms with van der Waals surface area (Å²) in [5.74, 6) is -0.573. The van der Waals surface area contributed by atoms with Gasteiger partial charge >= 0.3 is 0 Å². The summed E-state index contributed by atoms with van der Waals surface area (Å²) in [4.78, 5) is 1.77. The maximum absolute atomic E-state index is 14.1. The molecular formula is C16H16BrF2N. The molecule has 20 heavy (non-hydrogen) atoms. The minimum Gasteiger partial charge on any atom is -0.365 e. The van der Waals surface area contributed by atoms with Crippen LogP contribution in [0.25, 0.3) is 0 Å². The molecule has 2 aromatic rings. The number of para-hydroxylation sites is 1. The third-order valence-corrected chi connectivity index (χ3v) is 4.11. The molecule has 0 amide bonds. The van der Waals surface area contributed by atoms with Crippen LogP contribution in [0.2, 0.25) is 0 Å². The zero-order valence-electron chi connectivity index (χ0n) is 11.4. The van der Waals surface area contributed by atoms with Crippen molar-refractivity contribution < 1.29 is 8.78 Å². The molecular weight excluding hydrogens is 324 g/mol. The number of hydrogen-bond acceptors (Lipinski definition) is 1. The molecule has 0 heterocycles. The van der Waals surface area contributed by atoms with Crippen molar-refractivity contribution in [2.75, 3.05) is 11.9 Å². The number of rotatable bonds is 4. The van der Waals surface area contributed by atoms with E-state index in [2.05, 4.69) is 15.9 Å². The quantitative estimate of drug-likeness (QED) is 0.704. The van der Waals surface area contributed by atoms with Gasteiger partial charge in [0.15, 0.2) is 0 Å². The summed E-state index contributed by atoms with van der Waals surface area (Å²) in [5.41, 5.74) is 1.90. The van der Waals surface area contributed by atoms with Crippen molar-refractivity contribution in [1.29, 1.82) is 0 Å². The average molecular weight is 340 g/mol. The van der Waals surface area contributed by atoms with E-state index < -0.39 is 0 Å². The highest BCUT2D eigenvalue weighted by molar-refractivity contribution is 9.08. The predicted octanol–water partition coefficient (Wildman–Crippen LogP) is 5.06. The first-order chi connectivity index (χ1) is 9.56. The Morgan fingerprint density at radius 1 is 1.05 bits per heavy atom. The molecule has 2 aromatic carbocycles. The van der Waals surface area contributed by atoms with E-state index in [0.717, 1.165) is 5.56 Å². The van der Waals surface area contributed by atoms with Crippen LogP contribution >= 0.6 is 15.9 Å². The average Bonchev–Trinajstić information content (AvgIpc) is 2.46. The molecule has 0 radical (unpaired) electrons. The van der Waals surface area contributed by atoms with Crippen molar-refractivity contribution >= 4 is 21.6 Å². The van der Waals surface area contributed by atoms with Gasteiger partial charge in [-0.2, -0.15) is 0 Å². The summed E-state index contributed by atoms with van der Waals surface area (Å²) < 4.78 is 28.0. The van der Waals surface area contributed by atoms with Crippen molar-refractivity contribution in [1.82, 2.24) is 0 Å². The molecule has 1 atom stereocenters. The number of benzene rings is 2. The van der Waals surface area contributed by atoms with E-state index in [1.165, 1.54) is 12.1 Å². The zero-order chi connectivity index (χ0) is 14.7. The summed E-state index contributed by atoms with van der Waals surface area (Å²) in [6, 6.07) is 11.3. The molecule has 1 nitrogen and oxygen atoms in total. The van der Waals surface area contributed by atoms with Gasteiger partial charge in [0.2, 0.25) is 0 Å². The van der Waals surface area contributed by atoms with Gasteiger partial charge in [-0.1, -0.05) is 46.3 Å². The topological polar surface area (TPSA) is 3.24 Å². The summed E-state index contributed by atoms with van der Waals surface area (Å²) in [6.07, 6.45) is 0. The molecule has 106 valence electrons. The fourth-order valence-electron chi connectivity index (χ4n) is 2.28. The Hall–Kier alpha value is -1.42. The SMILES string of the molecule is CC(c1ccccc1F)N(C)c1c(F)cccc1CBr. The number of anilines is 1.